The van der Waals surface area contributed by atoms with Crippen molar-refractivity contribution in [1.82, 2.24) is 0 Å². The van der Waals surface area contributed by atoms with E-state index in [1.807, 2.05) is 19.9 Å². The first kappa shape index (κ1) is 14.2. The van der Waals surface area contributed by atoms with Gasteiger partial charge in [0.15, 0.2) is 6.73 Å². The SMILES string of the molecule is CC(C)(O)CN1CNc2ccc(-c3ccc4c(c3)NCO4)cc21. The number of ether oxygens (including phenoxy) is 1. The second-order valence-corrected chi connectivity index (χ2v) is 6.75. The Hall–Kier alpha value is -2.40. The Bertz CT molecular complexity index is 752. The summed E-state index contributed by atoms with van der Waals surface area (Å²) in [5, 5.41) is 16.7. The number of β-amino-alcohol motifs (C(OH)–C–C–N with tert-alkyl or cyclic N) is 1. The summed E-state index contributed by atoms with van der Waals surface area (Å²) in [6, 6.07) is 12.6. The topological polar surface area (TPSA) is 56.8 Å². The fourth-order valence-electron chi connectivity index (χ4n) is 3.16. The van der Waals surface area contributed by atoms with Crippen LogP contribution in [0.4, 0.5) is 17.1 Å². The van der Waals surface area contributed by atoms with Gasteiger partial charge in [0.2, 0.25) is 0 Å². The highest BCUT2D eigenvalue weighted by molar-refractivity contribution is 5.82. The molecule has 0 bridgehead atoms. The van der Waals surface area contributed by atoms with Gasteiger partial charge in [-0.05, 0) is 49.2 Å². The highest BCUT2D eigenvalue weighted by Gasteiger charge is 2.25. The third-order valence-corrected chi connectivity index (χ3v) is 4.18. The number of nitrogens with one attached hydrogen (secondary N) is 2. The summed E-state index contributed by atoms with van der Waals surface area (Å²) < 4.78 is 5.48. The van der Waals surface area contributed by atoms with Crippen LogP contribution in [0.25, 0.3) is 11.1 Å². The number of anilines is 3. The van der Waals surface area contributed by atoms with E-state index in [2.05, 4.69) is 45.9 Å². The number of fused-ring (bicyclic) bond motifs is 2. The van der Waals surface area contributed by atoms with Crippen LogP contribution in [-0.4, -0.2) is 30.7 Å². The molecule has 2 aliphatic heterocycles. The Morgan fingerprint density at radius 2 is 1.87 bits per heavy atom. The standard InChI is InChI=1S/C18H21N3O2/c1-18(2,22)9-21-10-19-14-5-3-13(8-16(14)21)12-4-6-17-15(7-12)20-11-23-17/h3-8,19-20,22H,9-11H2,1-2H3. The predicted molar refractivity (Wildman–Crippen MR) is 93.1 cm³/mol. The minimum absolute atomic E-state index is 0.534. The fraction of sp³-hybridized carbons (Fsp3) is 0.333. The van der Waals surface area contributed by atoms with Gasteiger partial charge in [0, 0.05) is 6.54 Å². The monoisotopic (exact) mass is 311 g/mol. The van der Waals surface area contributed by atoms with E-state index < -0.39 is 5.60 Å². The highest BCUT2D eigenvalue weighted by atomic mass is 16.5. The Kier molecular flexibility index (Phi) is 3.13. The molecular formula is C18H21N3O2. The first-order valence-electron chi connectivity index (χ1n) is 7.86. The molecule has 23 heavy (non-hydrogen) atoms. The van der Waals surface area contributed by atoms with Crippen molar-refractivity contribution >= 4 is 17.1 Å². The van der Waals surface area contributed by atoms with Gasteiger partial charge in [-0.15, -0.1) is 0 Å². The van der Waals surface area contributed by atoms with Crippen molar-refractivity contribution in [2.45, 2.75) is 19.4 Å². The minimum atomic E-state index is -0.728. The van der Waals surface area contributed by atoms with Gasteiger partial charge in [0.05, 0.1) is 29.3 Å². The van der Waals surface area contributed by atoms with Crippen molar-refractivity contribution in [3.8, 4) is 16.9 Å². The maximum Gasteiger partial charge on any atom is 0.159 e. The van der Waals surface area contributed by atoms with Crippen LogP contribution in [0.5, 0.6) is 5.75 Å². The molecule has 0 aromatic heterocycles. The molecule has 0 unspecified atom stereocenters. The molecular weight excluding hydrogens is 290 g/mol. The average Bonchev–Trinajstić information content (AvgIpc) is 3.11. The van der Waals surface area contributed by atoms with Gasteiger partial charge in [-0.3, -0.25) is 0 Å². The largest absolute Gasteiger partial charge is 0.471 e. The first-order chi connectivity index (χ1) is 11.0. The molecule has 0 spiro atoms. The number of rotatable bonds is 3. The van der Waals surface area contributed by atoms with Crippen molar-refractivity contribution in [2.24, 2.45) is 0 Å². The molecule has 5 nitrogen and oxygen atoms in total. The zero-order chi connectivity index (χ0) is 16.0. The third-order valence-electron chi connectivity index (χ3n) is 4.18. The summed E-state index contributed by atoms with van der Waals surface area (Å²) in [6.07, 6.45) is 0. The Balaban J connectivity index is 1.68. The van der Waals surface area contributed by atoms with Crippen LogP contribution in [0, 0.1) is 0 Å². The van der Waals surface area contributed by atoms with E-state index in [1.165, 1.54) is 0 Å². The van der Waals surface area contributed by atoms with Crippen LogP contribution in [0.15, 0.2) is 36.4 Å². The lowest BCUT2D eigenvalue weighted by molar-refractivity contribution is 0.0880. The lowest BCUT2D eigenvalue weighted by Crippen LogP contribution is -2.38. The summed E-state index contributed by atoms with van der Waals surface area (Å²) in [7, 11) is 0. The molecule has 0 atom stereocenters. The lowest BCUT2D eigenvalue weighted by atomic mass is 10.0. The number of aliphatic hydroxyl groups is 1. The van der Waals surface area contributed by atoms with E-state index >= 15 is 0 Å². The summed E-state index contributed by atoms with van der Waals surface area (Å²) in [5.41, 5.74) is 4.86. The number of hydrogen-bond acceptors (Lipinski definition) is 5. The van der Waals surface area contributed by atoms with Crippen molar-refractivity contribution in [2.75, 3.05) is 35.5 Å². The second kappa shape index (κ2) is 5.06. The Labute approximate surface area is 135 Å². The van der Waals surface area contributed by atoms with E-state index in [-0.39, 0.29) is 0 Å². The van der Waals surface area contributed by atoms with E-state index in [4.69, 9.17) is 4.74 Å². The van der Waals surface area contributed by atoms with E-state index in [0.29, 0.717) is 13.3 Å². The smallest absolute Gasteiger partial charge is 0.159 e. The van der Waals surface area contributed by atoms with Crippen molar-refractivity contribution in [3.63, 3.8) is 0 Å². The minimum Gasteiger partial charge on any atom is -0.471 e. The molecule has 5 heteroatoms. The molecule has 0 radical (unpaired) electrons. The summed E-state index contributed by atoms with van der Waals surface area (Å²) in [4.78, 5) is 2.17. The number of nitrogens with zero attached hydrogens (tertiary/aromatic N) is 1. The van der Waals surface area contributed by atoms with Crippen LogP contribution in [0.3, 0.4) is 0 Å². The molecule has 120 valence electrons. The van der Waals surface area contributed by atoms with Crippen LogP contribution in [0.1, 0.15) is 13.8 Å². The Morgan fingerprint density at radius 1 is 1.09 bits per heavy atom. The van der Waals surface area contributed by atoms with Gasteiger partial charge in [-0.1, -0.05) is 12.1 Å². The van der Waals surface area contributed by atoms with E-state index in [1.54, 1.807) is 0 Å². The van der Waals surface area contributed by atoms with E-state index in [9.17, 15) is 5.11 Å². The number of benzene rings is 2. The van der Waals surface area contributed by atoms with Crippen molar-refractivity contribution in [1.29, 1.82) is 0 Å². The predicted octanol–water partition coefficient (Wildman–Crippen LogP) is 3.08. The van der Waals surface area contributed by atoms with Gasteiger partial charge < -0.3 is 25.4 Å². The van der Waals surface area contributed by atoms with Gasteiger partial charge in [0.25, 0.3) is 0 Å². The van der Waals surface area contributed by atoms with Crippen LogP contribution < -0.4 is 20.3 Å². The Morgan fingerprint density at radius 3 is 2.70 bits per heavy atom. The van der Waals surface area contributed by atoms with Crippen molar-refractivity contribution in [3.05, 3.63) is 36.4 Å². The molecule has 3 N–H and O–H groups in total. The molecule has 0 fully saturated rings. The zero-order valence-electron chi connectivity index (χ0n) is 13.4. The van der Waals surface area contributed by atoms with Crippen molar-refractivity contribution < 1.29 is 9.84 Å². The summed E-state index contributed by atoms with van der Waals surface area (Å²) in [5.74, 6) is 0.903. The zero-order valence-corrected chi connectivity index (χ0v) is 13.4. The van der Waals surface area contributed by atoms with Crippen LogP contribution in [0.2, 0.25) is 0 Å². The molecule has 2 aliphatic rings. The maximum atomic E-state index is 10.1. The van der Waals surface area contributed by atoms with Gasteiger partial charge in [0.1, 0.15) is 5.75 Å². The quantitative estimate of drug-likeness (QED) is 0.813. The first-order valence-corrected chi connectivity index (χ1v) is 7.86. The molecule has 0 saturated heterocycles. The molecule has 2 aromatic carbocycles. The lowest BCUT2D eigenvalue weighted by Gasteiger charge is -2.26. The summed E-state index contributed by atoms with van der Waals surface area (Å²) in [6.45, 7) is 5.52. The van der Waals surface area contributed by atoms with E-state index in [0.717, 1.165) is 40.6 Å². The van der Waals surface area contributed by atoms with Crippen LogP contribution >= 0.6 is 0 Å². The molecule has 0 saturated carbocycles. The average molecular weight is 311 g/mol. The molecule has 2 heterocycles. The fourth-order valence-corrected chi connectivity index (χ4v) is 3.16. The van der Waals surface area contributed by atoms with Gasteiger partial charge >= 0.3 is 0 Å². The second-order valence-electron chi connectivity index (χ2n) is 6.75. The van der Waals surface area contributed by atoms with Gasteiger partial charge in [-0.25, -0.2) is 0 Å². The normalized spacial score (nSPS) is 15.5. The molecule has 4 rings (SSSR count). The van der Waals surface area contributed by atoms with Crippen LogP contribution in [-0.2, 0) is 0 Å². The summed E-state index contributed by atoms with van der Waals surface area (Å²) >= 11 is 0. The third kappa shape index (κ3) is 2.68. The highest BCUT2D eigenvalue weighted by Crippen LogP contribution is 2.38. The molecule has 0 aliphatic carbocycles. The van der Waals surface area contributed by atoms with Gasteiger partial charge in [-0.2, -0.15) is 0 Å². The number of hydrogen-bond donors (Lipinski definition) is 3. The maximum absolute atomic E-state index is 10.1. The molecule has 2 aromatic rings. The molecule has 0 amide bonds.